The van der Waals surface area contributed by atoms with Crippen LogP contribution in [0.5, 0.6) is 17.2 Å². The maximum Gasteiger partial charge on any atom is 0.343 e. The molecule has 1 atom stereocenters. The predicted molar refractivity (Wildman–Crippen MR) is 164 cm³/mol. The Kier molecular flexibility index (Phi) is 10.9. The number of fused-ring (bicyclic) bond motifs is 3. The summed E-state index contributed by atoms with van der Waals surface area (Å²) in [6.07, 6.45) is 1.27. The highest BCUT2D eigenvalue weighted by Crippen LogP contribution is 2.46. The second-order valence-corrected chi connectivity index (χ2v) is 10.4. The van der Waals surface area contributed by atoms with Crippen molar-refractivity contribution in [3.8, 4) is 28.4 Å². The van der Waals surface area contributed by atoms with Crippen LogP contribution < -0.4 is 14.2 Å². The summed E-state index contributed by atoms with van der Waals surface area (Å²) in [6, 6.07) is 18.2. The number of esters is 3. The van der Waals surface area contributed by atoms with E-state index in [2.05, 4.69) is 20.1 Å². The van der Waals surface area contributed by atoms with Crippen LogP contribution in [-0.2, 0) is 19.1 Å². The van der Waals surface area contributed by atoms with E-state index in [1.165, 1.54) is 0 Å². The van der Waals surface area contributed by atoms with Crippen molar-refractivity contribution in [3.05, 3.63) is 102 Å². The number of aliphatic hydroxyl groups is 1. The molecule has 1 unspecified atom stereocenters. The number of rotatable bonds is 15. The number of hydrogen-bond acceptors (Lipinski definition) is 9. The van der Waals surface area contributed by atoms with Gasteiger partial charge >= 0.3 is 17.9 Å². The summed E-state index contributed by atoms with van der Waals surface area (Å²) in [5.41, 5.74) is 5.07. The molecule has 4 rings (SSSR count). The molecule has 44 heavy (non-hydrogen) atoms. The van der Waals surface area contributed by atoms with Crippen molar-refractivity contribution < 1.29 is 43.2 Å². The first-order valence-electron chi connectivity index (χ1n) is 14.3. The molecule has 3 aromatic carbocycles. The SMILES string of the molecule is C=C(C)C(=O)OCCOc1ccc2c(c1)C(C)c1cc(C(=O)Oc3ccc(OCCCCOC(=O)C(=C)CO)cc3)ccc1-2. The van der Waals surface area contributed by atoms with Gasteiger partial charge in [-0.05, 0) is 90.6 Å². The quantitative estimate of drug-likeness (QED) is 0.100. The lowest BCUT2D eigenvalue weighted by Gasteiger charge is -2.11. The van der Waals surface area contributed by atoms with Crippen LogP contribution in [0.4, 0.5) is 0 Å². The Labute approximate surface area is 256 Å². The molecule has 1 aliphatic carbocycles. The second kappa shape index (κ2) is 15.0. The van der Waals surface area contributed by atoms with Crippen molar-refractivity contribution >= 4 is 17.9 Å². The third-order valence-electron chi connectivity index (χ3n) is 7.02. The van der Waals surface area contributed by atoms with Gasteiger partial charge in [0.05, 0.1) is 31.0 Å². The minimum atomic E-state index is -0.601. The molecule has 0 saturated heterocycles. The van der Waals surface area contributed by atoms with Crippen molar-refractivity contribution in [2.24, 2.45) is 0 Å². The van der Waals surface area contributed by atoms with Gasteiger partial charge in [-0.3, -0.25) is 0 Å². The van der Waals surface area contributed by atoms with Crippen LogP contribution in [0, 0.1) is 0 Å². The molecule has 9 nitrogen and oxygen atoms in total. The van der Waals surface area contributed by atoms with Gasteiger partial charge in [-0.15, -0.1) is 0 Å². The van der Waals surface area contributed by atoms with E-state index in [0.29, 0.717) is 47.8 Å². The lowest BCUT2D eigenvalue weighted by Crippen LogP contribution is -2.12. The third-order valence-corrected chi connectivity index (χ3v) is 7.02. The van der Waals surface area contributed by atoms with Gasteiger partial charge in [-0.2, -0.15) is 0 Å². The fraction of sp³-hybridized carbons (Fsp3) is 0.286. The molecular formula is C35H36O9. The minimum Gasteiger partial charge on any atom is -0.494 e. The molecule has 0 amide bonds. The Balaban J connectivity index is 1.26. The van der Waals surface area contributed by atoms with E-state index in [1.54, 1.807) is 37.3 Å². The lowest BCUT2D eigenvalue weighted by molar-refractivity contribution is -0.140. The van der Waals surface area contributed by atoms with Gasteiger partial charge in [-0.1, -0.05) is 32.2 Å². The van der Waals surface area contributed by atoms with E-state index >= 15 is 0 Å². The Morgan fingerprint density at radius 1 is 0.727 bits per heavy atom. The molecular weight excluding hydrogens is 564 g/mol. The molecule has 1 aliphatic rings. The van der Waals surface area contributed by atoms with E-state index in [-0.39, 0.29) is 31.3 Å². The van der Waals surface area contributed by atoms with Crippen LogP contribution in [-0.4, -0.2) is 56.0 Å². The van der Waals surface area contributed by atoms with E-state index in [4.69, 9.17) is 28.8 Å². The highest BCUT2D eigenvalue weighted by atomic mass is 16.6. The molecule has 0 fully saturated rings. The summed E-state index contributed by atoms with van der Waals surface area (Å²) < 4.78 is 27.2. The summed E-state index contributed by atoms with van der Waals surface area (Å²) in [5.74, 6) is 0.226. The van der Waals surface area contributed by atoms with Gasteiger partial charge in [-0.25, -0.2) is 14.4 Å². The molecule has 0 spiro atoms. The zero-order valence-electron chi connectivity index (χ0n) is 24.9. The first kappa shape index (κ1) is 32.0. The zero-order chi connectivity index (χ0) is 31.6. The number of unbranched alkanes of at least 4 members (excludes halogenated alkanes) is 1. The summed E-state index contributed by atoms with van der Waals surface area (Å²) >= 11 is 0. The third kappa shape index (κ3) is 8.14. The summed E-state index contributed by atoms with van der Waals surface area (Å²) in [6.45, 7) is 11.2. The fourth-order valence-corrected chi connectivity index (χ4v) is 4.61. The van der Waals surface area contributed by atoms with Crippen molar-refractivity contribution in [2.45, 2.75) is 32.6 Å². The molecule has 0 aromatic heterocycles. The van der Waals surface area contributed by atoms with Crippen molar-refractivity contribution in [3.63, 3.8) is 0 Å². The first-order chi connectivity index (χ1) is 21.2. The molecule has 1 N–H and O–H groups in total. The monoisotopic (exact) mass is 600 g/mol. The number of carbonyl (C=O) groups is 3. The van der Waals surface area contributed by atoms with E-state index < -0.39 is 24.5 Å². The molecule has 0 radical (unpaired) electrons. The first-order valence-corrected chi connectivity index (χ1v) is 14.3. The lowest BCUT2D eigenvalue weighted by atomic mass is 9.98. The summed E-state index contributed by atoms with van der Waals surface area (Å²) in [7, 11) is 0. The Morgan fingerprint density at radius 3 is 2.02 bits per heavy atom. The molecule has 0 heterocycles. The van der Waals surface area contributed by atoms with Crippen LogP contribution in [0.3, 0.4) is 0 Å². The second-order valence-electron chi connectivity index (χ2n) is 10.4. The topological polar surface area (TPSA) is 118 Å². The van der Waals surface area contributed by atoms with Gasteiger partial charge in [0.25, 0.3) is 0 Å². The van der Waals surface area contributed by atoms with Crippen molar-refractivity contribution in [1.82, 2.24) is 0 Å². The molecule has 9 heteroatoms. The Morgan fingerprint density at radius 2 is 1.32 bits per heavy atom. The zero-order valence-corrected chi connectivity index (χ0v) is 24.9. The highest BCUT2D eigenvalue weighted by molar-refractivity contribution is 5.93. The van der Waals surface area contributed by atoms with Gasteiger partial charge in [0.1, 0.15) is 30.5 Å². The molecule has 0 bridgehead atoms. The largest absolute Gasteiger partial charge is 0.494 e. The van der Waals surface area contributed by atoms with Crippen molar-refractivity contribution in [2.75, 3.05) is 33.0 Å². The maximum absolute atomic E-state index is 13.0. The van der Waals surface area contributed by atoms with Gasteiger partial charge in [0.15, 0.2) is 0 Å². The standard InChI is InChI=1S/C35H36O9/c1-22(2)33(37)43-18-17-41-28-12-14-30-29-13-7-25(19-31(29)24(4)32(30)20-28)35(39)44-27-10-8-26(9-11-27)40-15-5-6-16-42-34(38)23(3)21-36/h7-14,19-20,24,36H,1,3,5-6,15-18,21H2,2,4H3. The molecule has 230 valence electrons. The van der Waals surface area contributed by atoms with Crippen molar-refractivity contribution in [1.29, 1.82) is 0 Å². The number of carbonyl (C=O) groups excluding carboxylic acids is 3. The van der Waals surface area contributed by atoms with Crippen LogP contribution in [0.2, 0.25) is 0 Å². The van der Waals surface area contributed by atoms with Crippen LogP contribution in [0.15, 0.2) is 85.0 Å². The average Bonchev–Trinajstić information content (AvgIpc) is 3.31. The van der Waals surface area contributed by atoms with Gasteiger partial charge in [0.2, 0.25) is 0 Å². The van der Waals surface area contributed by atoms with Crippen LogP contribution in [0.1, 0.15) is 54.1 Å². The highest BCUT2D eigenvalue weighted by Gasteiger charge is 2.27. The minimum absolute atomic E-state index is 0.0253. The number of ether oxygens (including phenoxy) is 5. The van der Waals surface area contributed by atoms with E-state index in [0.717, 1.165) is 22.3 Å². The van der Waals surface area contributed by atoms with E-state index in [1.807, 2.05) is 30.3 Å². The average molecular weight is 601 g/mol. The Hall–Kier alpha value is -4.89. The van der Waals surface area contributed by atoms with Gasteiger partial charge in [0, 0.05) is 11.5 Å². The Bertz CT molecular complexity index is 1540. The number of aliphatic hydroxyl groups excluding tert-OH is 1. The van der Waals surface area contributed by atoms with Crippen LogP contribution in [0.25, 0.3) is 11.1 Å². The van der Waals surface area contributed by atoms with Crippen LogP contribution >= 0.6 is 0 Å². The maximum atomic E-state index is 13.0. The fourth-order valence-electron chi connectivity index (χ4n) is 4.61. The summed E-state index contributed by atoms with van der Waals surface area (Å²) in [5, 5.41) is 8.86. The molecule has 0 saturated carbocycles. The summed E-state index contributed by atoms with van der Waals surface area (Å²) in [4.78, 5) is 36.0. The molecule has 3 aromatic rings. The van der Waals surface area contributed by atoms with E-state index in [9.17, 15) is 14.4 Å². The molecule has 0 aliphatic heterocycles. The number of hydrogen-bond donors (Lipinski definition) is 1. The predicted octanol–water partition coefficient (Wildman–Crippen LogP) is 5.79. The normalized spacial score (nSPS) is 12.8. The smallest absolute Gasteiger partial charge is 0.343 e. The van der Waals surface area contributed by atoms with Gasteiger partial charge < -0.3 is 28.8 Å². The number of benzene rings is 3.